The Bertz CT molecular complexity index is 1020. The zero-order valence-corrected chi connectivity index (χ0v) is 16.0. The normalized spacial score (nSPS) is 11.3. The average Bonchev–Trinajstić information content (AvgIpc) is 2.78. The molecule has 5 nitrogen and oxygen atoms in total. The second-order valence-electron chi connectivity index (χ2n) is 6.34. The van der Waals surface area contributed by atoms with Crippen LogP contribution in [-0.4, -0.2) is 17.5 Å². The van der Waals surface area contributed by atoms with E-state index in [0.29, 0.717) is 22.5 Å². The van der Waals surface area contributed by atoms with Crippen LogP contribution < -0.4 is 10.7 Å². The number of nitrogens with zero attached hydrogens (tertiary/aromatic N) is 1. The van der Waals surface area contributed by atoms with Gasteiger partial charge in [0.2, 0.25) is 0 Å². The van der Waals surface area contributed by atoms with Gasteiger partial charge in [0.05, 0.1) is 5.71 Å². The van der Waals surface area contributed by atoms with Gasteiger partial charge in [-0.2, -0.15) is 5.10 Å². The van der Waals surface area contributed by atoms with Gasteiger partial charge >= 0.3 is 0 Å². The second-order valence-corrected chi connectivity index (χ2v) is 6.34. The number of benzene rings is 3. The monoisotopic (exact) mass is 383 g/mol. The Balaban J connectivity index is 1.56. The Morgan fingerprint density at radius 2 is 1.34 bits per heavy atom. The maximum Gasteiger partial charge on any atom is 0.271 e. The fraction of sp³-hybridized carbons (Fsp3) is 0.0417. The van der Waals surface area contributed by atoms with E-state index in [9.17, 15) is 9.59 Å². The minimum atomic E-state index is -0.321. The lowest BCUT2D eigenvalue weighted by Crippen LogP contribution is -2.18. The largest absolute Gasteiger partial charge is 0.322 e. The van der Waals surface area contributed by atoms with Gasteiger partial charge in [-0.3, -0.25) is 9.59 Å². The molecule has 0 aromatic heterocycles. The molecule has 3 rings (SSSR count). The van der Waals surface area contributed by atoms with Crippen molar-refractivity contribution in [1.82, 2.24) is 5.43 Å². The quantitative estimate of drug-likeness (QED) is 0.476. The van der Waals surface area contributed by atoms with Crippen LogP contribution in [0.3, 0.4) is 0 Å². The summed E-state index contributed by atoms with van der Waals surface area (Å²) in [5.74, 6) is -0.522. The fourth-order valence-corrected chi connectivity index (χ4v) is 2.52. The molecule has 2 N–H and O–H groups in total. The van der Waals surface area contributed by atoms with Gasteiger partial charge in [0.25, 0.3) is 11.8 Å². The number of hydrogen-bond donors (Lipinski definition) is 2. The summed E-state index contributed by atoms with van der Waals surface area (Å²) in [5, 5.41) is 6.89. The van der Waals surface area contributed by atoms with Crippen LogP contribution in [0.25, 0.3) is 6.08 Å². The van der Waals surface area contributed by atoms with Crippen LogP contribution in [0.5, 0.6) is 0 Å². The first-order valence-corrected chi connectivity index (χ1v) is 9.16. The van der Waals surface area contributed by atoms with Gasteiger partial charge < -0.3 is 5.32 Å². The molecule has 0 unspecified atom stereocenters. The zero-order chi connectivity index (χ0) is 20.5. The van der Waals surface area contributed by atoms with Gasteiger partial charge in [0.15, 0.2) is 0 Å². The van der Waals surface area contributed by atoms with E-state index in [-0.39, 0.29) is 11.8 Å². The van der Waals surface area contributed by atoms with Crippen LogP contribution >= 0.6 is 0 Å². The maximum atomic E-state index is 12.2. The summed E-state index contributed by atoms with van der Waals surface area (Å²) in [4.78, 5) is 24.4. The number of allylic oxidation sites excluding steroid dienone is 1. The Labute approximate surface area is 169 Å². The van der Waals surface area contributed by atoms with Gasteiger partial charge in [-0.05, 0) is 55.0 Å². The lowest BCUT2D eigenvalue weighted by molar-refractivity contribution is 0.0954. The predicted molar refractivity (Wildman–Crippen MR) is 117 cm³/mol. The number of carbonyl (C=O) groups is 2. The first-order chi connectivity index (χ1) is 14.1. The Morgan fingerprint density at radius 3 is 2.00 bits per heavy atom. The Morgan fingerprint density at radius 1 is 0.759 bits per heavy atom. The summed E-state index contributed by atoms with van der Waals surface area (Å²) in [6.45, 7) is 1.81. The topological polar surface area (TPSA) is 70.6 Å². The second kappa shape index (κ2) is 9.80. The highest BCUT2D eigenvalue weighted by molar-refractivity contribution is 6.04. The van der Waals surface area contributed by atoms with E-state index in [2.05, 4.69) is 15.8 Å². The van der Waals surface area contributed by atoms with Crippen molar-refractivity contribution >= 4 is 29.3 Å². The predicted octanol–water partition coefficient (Wildman–Crippen LogP) is 4.76. The van der Waals surface area contributed by atoms with E-state index >= 15 is 0 Å². The van der Waals surface area contributed by atoms with Gasteiger partial charge in [0.1, 0.15) is 0 Å². The van der Waals surface area contributed by atoms with E-state index in [0.717, 1.165) is 5.56 Å². The van der Waals surface area contributed by atoms with Gasteiger partial charge in [-0.1, -0.05) is 54.6 Å². The van der Waals surface area contributed by atoms with E-state index in [1.807, 2.05) is 55.5 Å². The number of amides is 2. The van der Waals surface area contributed by atoms with Crippen molar-refractivity contribution in [3.05, 3.63) is 108 Å². The highest BCUT2D eigenvalue weighted by atomic mass is 16.2. The van der Waals surface area contributed by atoms with Crippen LogP contribution in [0, 0.1) is 0 Å². The minimum Gasteiger partial charge on any atom is -0.322 e. The van der Waals surface area contributed by atoms with Gasteiger partial charge in [-0.25, -0.2) is 5.43 Å². The van der Waals surface area contributed by atoms with E-state index in [1.165, 1.54) is 0 Å². The van der Waals surface area contributed by atoms with Crippen molar-refractivity contribution in [2.75, 3.05) is 5.32 Å². The van der Waals surface area contributed by atoms with Crippen molar-refractivity contribution in [3.8, 4) is 0 Å². The molecular formula is C24H21N3O2. The molecule has 29 heavy (non-hydrogen) atoms. The third kappa shape index (κ3) is 6.01. The number of nitrogens with one attached hydrogen (secondary N) is 2. The number of carbonyl (C=O) groups excluding carboxylic acids is 2. The first-order valence-electron chi connectivity index (χ1n) is 9.16. The molecule has 0 spiro atoms. The molecular weight excluding hydrogens is 362 g/mol. The Kier molecular flexibility index (Phi) is 6.68. The van der Waals surface area contributed by atoms with Crippen LogP contribution in [0.4, 0.5) is 5.69 Å². The summed E-state index contributed by atoms with van der Waals surface area (Å²) in [6, 6.07) is 25.4. The molecule has 0 radical (unpaired) electrons. The number of hydrogen-bond acceptors (Lipinski definition) is 3. The van der Waals surface area contributed by atoms with Crippen molar-refractivity contribution in [3.63, 3.8) is 0 Å². The van der Waals surface area contributed by atoms with Gasteiger partial charge in [-0.15, -0.1) is 0 Å². The molecule has 144 valence electrons. The third-order valence-corrected chi connectivity index (χ3v) is 4.09. The first kappa shape index (κ1) is 19.8. The van der Waals surface area contributed by atoms with E-state index < -0.39 is 0 Å². The van der Waals surface area contributed by atoms with Crippen LogP contribution in [0.15, 0.2) is 96.1 Å². The molecule has 0 aliphatic heterocycles. The molecule has 0 aliphatic rings. The third-order valence-electron chi connectivity index (χ3n) is 4.09. The zero-order valence-electron chi connectivity index (χ0n) is 16.0. The molecule has 0 bridgehead atoms. The summed E-state index contributed by atoms with van der Waals surface area (Å²) >= 11 is 0. The van der Waals surface area contributed by atoms with Crippen molar-refractivity contribution in [2.24, 2.45) is 5.10 Å². The molecule has 3 aromatic carbocycles. The maximum absolute atomic E-state index is 12.2. The van der Waals surface area contributed by atoms with Crippen LogP contribution in [0.1, 0.15) is 33.2 Å². The number of hydrazone groups is 1. The Hall–Kier alpha value is -3.99. The molecule has 0 saturated carbocycles. The standard InChI is InChI=1S/C24H21N3O2/c1-18(12-13-19-8-4-2-5-9-19)26-27-24(29)21-14-16-22(17-15-21)25-23(28)20-10-6-3-7-11-20/h2-17H,1H3,(H,25,28)(H,27,29). The minimum absolute atomic E-state index is 0.201. The lowest BCUT2D eigenvalue weighted by atomic mass is 10.1. The lowest BCUT2D eigenvalue weighted by Gasteiger charge is -2.06. The summed E-state index contributed by atoms with van der Waals surface area (Å²) in [5.41, 5.74) is 5.90. The van der Waals surface area contributed by atoms with Crippen LogP contribution in [-0.2, 0) is 0 Å². The number of rotatable bonds is 6. The van der Waals surface area contributed by atoms with Crippen molar-refractivity contribution in [1.29, 1.82) is 0 Å². The van der Waals surface area contributed by atoms with Crippen molar-refractivity contribution in [2.45, 2.75) is 6.92 Å². The molecule has 0 fully saturated rings. The summed E-state index contributed by atoms with van der Waals surface area (Å²) < 4.78 is 0. The SMILES string of the molecule is CC(C=Cc1ccccc1)=NNC(=O)c1ccc(NC(=O)c2ccccc2)cc1. The average molecular weight is 383 g/mol. The molecule has 5 heteroatoms. The van der Waals surface area contributed by atoms with Crippen LogP contribution in [0.2, 0.25) is 0 Å². The van der Waals surface area contributed by atoms with Crippen molar-refractivity contribution < 1.29 is 9.59 Å². The highest BCUT2D eigenvalue weighted by Gasteiger charge is 2.07. The summed E-state index contributed by atoms with van der Waals surface area (Å²) in [7, 11) is 0. The van der Waals surface area contributed by atoms with E-state index in [4.69, 9.17) is 0 Å². The molecule has 0 aliphatic carbocycles. The summed E-state index contributed by atoms with van der Waals surface area (Å²) in [6.07, 6.45) is 3.76. The highest BCUT2D eigenvalue weighted by Crippen LogP contribution is 2.11. The molecule has 3 aromatic rings. The molecule has 0 heterocycles. The number of anilines is 1. The molecule has 0 atom stereocenters. The molecule has 0 saturated heterocycles. The molecule has 2 amide bonds. The van der Waals surface area contributed by atoms with E-state index in [1.54, 1.807) is 48.5 Å². The van der Waals surface area contributed by atoms with Gasteiger partial charge in [0, 0.05) is 16.8 Å². The fourth-order valence-electron chi connectivity index (χ4n) is 2.52. The smallest absolute Gasteiger partial charge is 0.271 e.